The van der Waals surface area contributed by atoms with Gasteiger partial charge in [-0.05, 0) is 24.1 Å². The van der Waals surface area contributed by atoms with Crippen molar-refractivity contribution in [3.8, 4) is 11.5 Å². The molecule has 2 aromatic carbocycles. The average Bonchev–Trinajstić information content (AvgIpc) is 2.71. The second kappa shape index (κ2) is 9.42. The van der Waals surface area contributed by atoms with Gasteiger partial charge in [-0.25, -0.2) is 0 Å². The number of para-hydroxylation sites is 2. The van der Waals surface area contributed by atoms with E-state index in [1.165, 1.54) is 0 Å². The average molecular weight is 370 g/mol. The Morgan fingerprint density at radius 1 is 1.15 bits per heavy atom. The largest absolute Gasteiger partial charge is 0.486 e. The van der Waals surface area contributed by atoms with Crippen LogP contribution in [-0.2, 0) is 16.1 Å². The second-order valence-electron chi connectivity index (χ2n) is 6.74. The fraction of sp³-hybridized carbons (Fsp3) is 0.409. The molecule has 3 atom stereocenters. The number of fused-ring (bicyclic) bond motifs is 1. The van der Waals surface area contributed by atoms with Crippen LogP contribution in [-0.4, -0.2) is 29.9 Å². The van der Waals surface area contributed by atoms with Crippen LogP contribution in [0.5, 0.6) is 11.5 Å². The summed E-state index contributed by atoms with van der Waals surface area (Å²) in [6.07, 6.45) is 0.854. The maximum absolute atomic E-state index is 12.8. The molecule has 0 spiro atoms. The molecule has 27 heavy (non-hydrogen) atoms. The van der Waals surface area contributed by atoms with Gasteiger partial charge in [-0.1, -0.05) is 62.2 Å². The van der Waals surface area contributed by atoms with Crippen LogP contribution in [0.2, 0.25) is 0 Å². The van der Waals surface area contributed by atoms with E-state index in [0.717, 1.165) is 18.4 Å². The highest BCUT2D eigenvalue weighted by Gasteiger charge is 2.40. The summed E-state index contributed by atoms with van der Waals surface area (Å²) in [6.45, 7) is 2.41. The Balaban J connectivity index is 1.71. The van der Waals surface area contributed by atoms with Gasteiger partial charge in [0.2, 0.25) is 0 Å². The van der Waals surface area contributed by atoms with E-state index in [9.17, 15) is 9.90 Å². The van der Waals surface area contributed by atoms with E-state index in [0.29, 0.717) is 17.9 Å². The summed E-state index contributed by atoms with van der Waals surface area (Å²) in [5, 5.41) is 10.7. The summed E-state index contributed by atoms with van der Waals surface area (Å²) in [4.78, 5) is 12.8. The molecule has 0 fully saturated rings. The Morgan fingerprint density at radius 3 is 2.59 bits per heavy atom. The van der Waals surface area contributed by atoms with E-state index in [2.05, 4.69) is 0 Å². The number of benzene rings is 2. The molecule has 1 N–H and O–H groups in total. The molecule has 5 heteroatoms. The first-order valence-electron chi connectivity index (χ1n) is 9.46. The van der Waals surface area contributed by atoms with Gasteiger partial charge < -0.3 is 19.3 Å². The molecule has 1 aliphatic heterocycles. The Hall–Kier alpha value is -2.53. The predicted molar refractivity (Wildman–Crippen MR) is 102 cm³/mol. The minimum Gasteiger partial charge on any atom is -0.486 e. The van der Waals surface area contributed by atoms with Gasteiger partial charge in [-0.3, -0.25) is 4.79 Å². The van der Waals surface area contributed by atoms with Crippen LogP contribution in [0.4, 0.5) is 0 Å². The van der Waals surface area contributed by atoms with E-state index in [1.807, 2.05) is 55.5 Å². The van der Waals surface area contributed by atoms with Crippen LogP contribution in [0.15, 0.2) is 54.6 Å². The van der Waals surface area contributed by atoms with Crippen molar-refractivity contribution in [3.63, 3.8) is 0 Å². The van der Waals surface area contributed by atoms with E-state index >= 15 is 0 Å². The van der Waals surface area contributed by atoms with Crippen molar-refractivity contribution >= 4 is 5.97 Å². The van der Waals surface area contributed by atoms with Gasteiger partial charge >= 0.3 is 5.97 Å². The van der Waals surface area contributed by atoms with Gasteiger partial charge in [-0.2, -0.15) is 0 Å². The number of hydrogen-bond acceptors (Lipinski definition) is 5. The zero-order valence-corrected chi connectivity index (χ0v) is 15.5. The first-order chi connectivity index (χ1) is 13.2. The summed E-state index contributed by atoms with van der Waals surface area (Å²) in [6, 6.07) is 16.8. The third-order valence-corrected chi connectivity index (χ3v) is 4.70. The number of hydrogen-bond donors (Lipinski definition) is 1. The van der Waals surface area contributed by atoms with Crippen molar-refractivity contribution in [2.75, 3.05) is 6.61 Å². The molecule has 0 aromatic heterocycles. The van der Waals surface area contributed by atoms with Crippen molar-refractivity contribution in [3.05, 3.63) is 60.2 Å². The molecule has 0 saturated carbocycles. The van der Waals surface area contributed by atoms with E-state index in [-0.39, 0.29) is 13.2 Å². The van der Waals surface area contributed by atoms with Crippen LogP contribution in [0, 0.1) is 5.92 Å². The molecule has 3 unspecified atom stereocenters. The zero-order valence-electron chi connectivity index (χ0n) is 15.5. The lowest BCUT2D eigenvalue weighted by atomic mass is 9.92. The number of esters is 1. The summed E-state index contributed by atoms with van der Waals surface area (Å²) in [5.41, 5.74) is 0.902. The third-order valence-electron chi connectivity index (χ3n) is 4.70. The zero-order chi connectivity index (χ0) is 19.1. The molecule has 0 amide bonds. The van der Waals surface area contributed by atoms with E-state index < -0.39 is 24.1 Å². The lowest BCUT2D eigenvalue weighted by Gasteiger charge is -2.33. The number of aliphatic hydroxyl groups is 1. The Bertz CT molecular complexity index is 730. The Labute approximate surface area is 159 Å². The number of ether oxygens (including phenoxy) is 3. The number of unbranched alkanes of at least 4 members (excludes halogenated alkanes) is 1. The van der Waals surface area contributed by atoms with E-state index in [4.69, 9.17) is 14.2 Å². The molecular weight excluding hydrogens is 344 g/mol. The predicted octanol–water partition coefficient (Wildman–Crippen LogP) is 3.74. The molecule has 5 nitrogen and oxygen atoms in total. The summed E-state index contributed by atoms with van der Waals surface area (Å²) in [7, 11) is 0. The molecule has 0 radical (unpaired) electrons. The maximum atomic E-state index is 12.8. The normalized spacial score (nSPS) is 17.8. The summed E-state index contributed by atoms with van der Waals surface area (Å²) in [5.74, 6) is -0.0328. The molecule has 0 aliphatic carbocycles. The molecule has 144 valence electrons. The van der Waals surface area contributed by atoms with Crippen LogP contribution in [0.25, 0.3) is 0 Å². The van der Waals surface area contributed by atoms with Crippen molar-refractivity contribution in [2.24, 2.45) is 5.92 Å². The Kier molecular flexibility index (Phi) is 6.71. The van der Waals surface area contributed by atoms with Crippen LogP contribution >= 0.6 is 0 Å². The lowest BCUT2D eigenvalue weighted by molar-refractivity contribution is -0.161. The van der Waals surface area contributed by atoms with Crippen molar-refractivity contribution < 1.29 is 24.1 Å². The molecule has 2 aromatic rings. The van der Waals surface area contributed by atoms with Gasteiger partial charge in [0.1, 0.15) is 25.2 Å². The monoisotopic (exact) mass is 370 g/mol. The van der Waals surface area contributed by atoms with E-state index in [1.54, 1.807) is 6.07 Å². The van der Waals surface area contributed by atoms with Gasteiger partial charge in [0.05, 0.1) is 6.10 Å². The van der Waals surface area contributed by atoms with Crippen LogP contribution < -0.4 is 9.47 Å². The smallest absolute Gasteiger partial charge is 0.315 e. The fourth-order valence-electron chi connectivity index (χ4n) is 3.19. The van der Waals surface area contributed by atoms with Gasteiger partial charge in [0, 0.05) is 0 Å². The highest BCUT2D eigenvalue weighted by molar-refractivity contribution is 5.74. The third kappa shape index (κ3) is 5.01. The molecule has 3 rings (SSSR count). The number of carbonyl (C=O) groups excluding carboxylic acids is 1. The molecule has 1 heterocycles. The topological polar surface area (TPSA) is 65.0 Å². The number of aliphatic hydroxyl groups excluding tert-OH is 1. The molecule has 1 aliphatic rings. The number of rotatable bonds is 8. The highest BCUT2D eigenvalue weighted by atomic mass is 16.6. The molecule has 0 bridgehead atoms. The lowest BCUT2D eigenvalue weighted by Crippen LogP contribution is -2.46. The van der Waals surface area contributed by atoms with Gasteiger partial charge in [-0.15, -0.1) is 0 Å². The number of carbonyl (C=O) groups is 1. The quantitative estimate of drug-likeness (QED) is 0.717. The minimum absolute atomic E-state index is 0.167. The van der Waals surface area contributed by atoms with Crippen molar-refractivity contribution in [1.29, 1.82) is 0 Å². The molecular formula is C22H26O5. The SMILES string of the molecule is CCCCC(O)C(C(=O)OCc1ccccc1)C1COc2ccccc2O1. The van der Waals surface area contributed by atoms with Crippen molar-refractivity contribution in [2.45, 2.75) is 45.0 Å². The van der Waals surface area contributed by atoms with Gasteiger partial charge in [0.25, 0.3) is 0 Å². The summed E-state index contributed by atoms with van der Waals surface area (Å²) >= 11 is 0. The van der Waals surface area contributed by atoms with Crippen LogP contribution in [0.1, 0.15) is 31.7 Å². The Morgan fingerprint density at radius 2 is 1.85 bits per heavy atom. The molecule has 0 saturated heterocycles. The fourth-order valence-corrected chi connectivity index (χ4v) is 3.19. The maximum Gasteiger partial charge on any atom is 0.315 e. The van der Waals surface area contributed by atoms with Gasteiger partial charge in [0.15, 0.2) is 11.5 Å². The highest BCUT2D eigenvalue weighted by Crippen LogP contribution is 2.34. The first-order valence-corrected chi connectivity index (χ1v) is 9.46. The van der Waals surface area contributed by atoms with Crippen molar-refractivity contribution in [1.82, 2.24) is 0 Å². The van der Waals surface area contributed by atoms with Crippen LogP contribution in [0.3, 0.4) is 0 Å². The second-order valence-corrected chi connectivity index (χ2v) is 6.74. The minimum atomic E-state index is -0.841. The standard InChI is InChI=1S/C22H26O5/c1-2-3-11-17(23)21(22(24)26-14-16-9-5-4-6-10-16)20-15-25-18-12-7-8-13-19(18)27-20/h4-10,12-13,17,20-21,23H,2-3,11,14-15H2,1H3. The first kappa shape index (κ1) is 19.2. The summed E-state index contributed by atoms with van der Waals surface area (Å²) < 4.78 is 17.2.